The van der Waals surface area contributed by atoms with Crippen LogP contribution < -0.4 is 0 Å². The molecule has 0 aliphatic heterocycles. The van der Waals surface area contributed by atoms with Crippen LogP contribution in [-0.4, -0.2) is 35.2 Å². The van der Waals surface area contributed by atoms with Crippen molar-refractivity contribution >= 4 is 28.6 Å². The molecule has 1 aromatic carbocycles. The van der Waals surface area contributed by atoms with Crippen LogP contribution in [-0.2, 0) is 16.0 Å². The van der Waals surface area contributed by atoms with E-state index in [1.165, 1.54) is 4.88 Å². The number of hydrogen-bond acceptors (Lipinski definition) is 4. The molecule has 0 spiro atoms. The van der Waals surface area contributed by atoms with Crippen LogP contribution in [0.2, 0.25) is 0 Å². The topological polar surface area (TPSA) is 50.3 Å². The predicted molar refractivity (Wildman–Crippen MR) is 100 cm³/mol. The van der Waals surface area contributed by atoms with Crippen molar-refractivity contribution in [2.24, 2.45) is 0 Å². The molecule has 0 saturated carbocycles. The number of aromatic nitrogens is 1. The first-order valence-electron chi connectivity index (χ1n) is 8.50. The van der Waals surface area contributed by atoms with E-state index in [0.29, 0.717) is 18.5 Å². The maximum atomic E-state index is 12.6. The SMILES string of the molecule is Cc1ncsc1CCN(C)C(=O)CC1=C(c2ccccc2)CCC1=O. The average Bonchev–Trinajstić information content (AvgIpc) is 3.19. The van der Waals surface area contributed by atoms with Crippen molar-refractivity contribution < 1.29 is 9.59 Å². The fraction of sp³-hybridized carbons (Fsp3) is 0.350. The number of allylic oxidation sites excluding steroid dienone is 1. The van der Waals surface area contributed by atoms with Gasteiger partial charge in [0.15, 0.2) is 5.78 Å². The van der Waals surface area contributed by atoms with Crippen LogP contribution in [0.25, 0.3) is 5.57 Å². The third kappa shape index (κ3) is 4.04. The summed E-state index contributed by atoms with van der Waals surface area (Å²) < 4.78 is 0. The Morgan fingerprint density at radius 1 is 1.24 bits per heavy atom. The van der Waals surface area contributed by atoms with Gasteiger partial charge in [0, 0.05) is 36.9 Å². The van der Waals surface area contributed by atoms with E-state index in [0.717, 1.165) is 29.7 Å². The Labute approximate surface area is 152 Å². The van der Waals surface area contributed by atoms with Gasteiger partial charge in [0.2, 0.25) is 5.91 Å². The van der Waals surface area contributed by atoms with Crippen LogP contribution in [0.1, 0.15) is 35.4 Å². The first kappa shape index (κ1) is 17.5. The smallest absolute Gasteiger partial charge is 0.226 e. The van der Waals surface area contributed by atoms with E-state index >= 15 is 0 Å². The summed E-state index contributed by atoms with van der Waals surface area (Å²) in [5, 5.41) is 0. The van der Waals surface area contributed by atoms with Crippen molar-refractivity contribution in [1.29, 1.82) is 0 Å². The number of Topliss-reactive ketones (excluding diaryl/α,β-unsaturated/α-hetero) is 1. The quantitative estimate of drug-likeness (QED) is 0.795. The molecular formula is C20H22N2O2S. The third-order valence-corrected chi connectivity index (χ3v) is 5.69. The zero-order valence-electron chi connectivity index (χ0n) is 14.6. The second-order valence-electron chi connectivity index (χ2n) is 6.35. The second-order valence-corrected chi connectivity index (χ2v) is 7.29. The van der Waals surface area contributed by atoms with E-state index in [4.69, 9.17) is 0 Å². The number of benzene rings is 1. The Bertz CT molecular complexity index is 808. The number of ketones is 1. The van der Waals surface area contributed by atoms with Crippen LogP contribution in [0.3, 0.4) is 0 Å². The molecule has 0 bridgehead atoms. The fourth-order valence-corrected chi connectivity index (χ4v) is 3.89. The van der Waals surface area contributed by atoms with Crippen LogP contribution >= 0.6 is 11.3 Å². The Kier molecular flexibility index (Phi) is 5.43. The highest BCUT2D eigenvalue weighted by atomic mass is 32.1. The van der Waals surface area contributed by atoms with Crippen molar-refractivity contribution in [2.45, 2.75) is 32.6 Å². The van der Waals surface area contributed by atoms with Crippen molar-refractivity contribution in [3.05, 3.63) is 57.6 Å². The second kappa shape index (κ2) is 7.74. The van der Waals surface area contributed by atoms with E-state index in [9.17, 15) is 9.59 Å². The minimum absolute atomic E-state index is 0.000787. The van der Waals surface area contributed by atoms with Gasteiger partial charge in [-0.3, -0.25) is 9.59 Å². The maximum absolute atomic E-state index is 12.6. The van der Waals surface area contributed by atoms with E-state index in [1.54, 1.807) is 23.3 Å². The molecule has 0 fully saturated rings. The molecule has 1 aliphatic carbocycles. The number of rotatable bonds is 6. The first-order valence-corrected chi connectivity index (χ1v) is 9.38. The van der Waals surface area contributed by atoms with Gasteiger partial charge in [-0.25, -0.2) is 4.98 Å². The zero-order valence-corrected chi connectivity index (χ0v) is 15.4. The summed E-state index contributed by atoms with van der Waals surface area (Å²) in [6.45, 7) is 2.63. The van der Waals surface area contributed by atoms with Gasteiger partial charge in [-0.2, -0.15) is 0 Å². The number of amides is 1. The lowest BCUT2D eigenvalue weighted by molar-refractivity contribution is -0.130. The first-order chi connectivity index (χ1) is 12.1. The summed E-state index contributed by atoms with van der Waals surface area (Å²) in [7, 11) is 1.81. The number of hydrogen-bond donors (Lipinski definition) is 0. The number of carbonyl (C=O) groups is 2. The third-order valence-electron chi connectivity index (χ3n) is 4.70. The molecule has 2 aromatic rings. The molecule has 1 aliphatic rings. The van der Waals surface area contributed by atoms with Gasteiger partial charge < -0.3 is 4.90 Å². The standard InChI is InChI=1S/C20H22N2O2S/c1-14-19(25-13-21-14)10-11-22(2)20(24)12-17-16(8-9-18(17)23)15-6-4-3-5-7-15/h3-7,13H,8-12H2,1-2H3. The number of carbonyl (C=O) groups excluding carboxylic acids is 2. The Hall–Kier alpha value is -2.27. The molecule has 0 N–H and O–H groups in total. The van der Waals surface area contributed by atoms with Gasteiger partial charge in [0.05, 0.1) is 17.6 Å². The molecular weight excluding hydrogens is 332 g/mol. The average molecular weight is 354 g/mol. The Balaban J connectivity index is 1.68. The Morgan fingerprint density at radius 3 is 2.68 bits per heavy atom. The molecule has 5 heteroatoms. The number of nitrogens with zero attached hydrogens (tertiary/aromatic N) is 2. The number of likely N-dealkylation sites (N-methyl/N-ethyl adjacent to an activating group) is 1. The summed E-state index contributed by atoms with van der Waals surface area (Å²) in [6, 6.07) is 9.91. The summed E-state index contributed by atoms with van der Waals surface area (Å²) in [6.07, 6.45) is 2.24. The summed E-state index contributed by atoms with van der Waals surface area (Å²) in [4.78, 5) is 32.0. The van der Waals surface area contributed by atoms with E-state index in [2.05, 4.69) is 4.98 Å². The highest BCUT2D eigenvalue weighted by Gasteiger charge is 2.26. The van der Waals surface area contributed by atoms with Gasteiger partial charge in [-0.15, -0.1) is 11.3 Å². The number of aryl methyl sites for hydroxylation is 1. The summed E-state index contributed by atoms with van der Waals surface area (Å²) in [5.41, 5.74) is 5.65. The normalized spacial score (nSPS) is 14.2. The highest BCUT2D eigenvalue weighted by molar-refractivity contribution is 7.09. The molecule has 3 rings (SSSR count). The van der Waals surface area contributed by atoms with Crippen molar-refractivity contribution in [2.75, 3.05) is 13.6 Å². The molecule has 1 aromatic heterocycles. The summed E-state index contributed by atoms with van der Waals surface area (Å²) >= 11 is 1.62. The number of thiazole rings is 1. The van der Waals surface area contributed by atoms with E-state index in [-0.39, 0.29) is 18.1 Å². The minimum atomic E-state index is 0.000787. The van der Waals surface area contributed by atoms with Crippen LogP contribution in [0.15, 0.2) is 41.4 Å². The molecule has 1 heterocycles. The molecule has 25 heavy (non-hydrogen) atoms. The largest absolute Gasteiger partial charge is 0.345 e. The van der Waals surface area contributed by atoms with Crippen molar-refractivity contribution in [3.8, 4) is 0 Å². The molecule has 0 unspecified atom stereocenters. The van der Waals surface area contributed by atoms with E-state index < -0.39 is 0 Å². The highest BCUT2D eigenvalue weighted by Crippen LogP contribution is 2.33. The van der Waals surface area contributed by atoms with Gasteiger partial charge in [-0.05, 0) is 24.5 Å². The Morgan fingerprint density at radius 2 is 2.00 bits per heavy atom. The summed E-state index contributed by atoms with van der Waals surface area (Å²) in [5.74, 6) is 0.111. The molecule has 130 valence electrons. The van der Waals surface area contributed by atoms with Gasteiger partial charge in [0.25, 0.3) is 0 Å². The lowest BCUT2D eigenvalue weighted by atomic mass is 10.00. The molecule has 0 atom stereocenters. The fourth-order valence-electron chi connectivity index (χ4n) is 3.12. The lowest BCUT2D eigenvalue weighted by Gasteiger charge is -2.17. The zero-order chi connectivity index (χ0) is 17.8. The lowest BCUT2D eigenvalue weighted by Crippen LogP contribution is -2.29. The van der Waals surface area contributed by atoms with Crippen LogP contribution in [0.4, 0.5) is 0 Å². The predicted octanol–water partition coefficient (Wildman–Crippen LogP) is 3.66. The minimum Gasteiger partial charge on any atom is -0.345 e. The van der Waals surface area contributed by atoms with Crippen molar-refractivity contribution in [1.82, 2.24) is 9.88 Å². The van der Waals surface area contributed by atoms with Crippen LogP contribution in [0.5, 0.6) is 0 Å². The maximum Gasteiger partial charge on any atom is 0.226 e. The molecule has 1 amide bonds. The molecule has 4 nitrogen and oxygen atoms in total. The van der Waals surface area contributed by atoms with Crippen LogP contribution in [0, 0.1) is 6.92 Å². The van der Waals surface area contributed by atoms with Gasteiger partial charge >= 0.3 is 0 Å². The van der Waals surface area contributed by atoms with E-state index in [1.807, 2.05) is 42.8 Å². The van der Waals surface area contributed by atoms with Crippen molar-refractivity contribution in [3.63, 3.8) is 0 Å². The molecule has 0 saturated heterocycles. The monoisotopic (exact) mass is 354 g/mol. The van der Waals surface area contributed by atoms with Gasteiger partial charge in [-0.1, -0.05) is 30.3 Å². The van der Waals surface area contributed by atoms with Gasteiger partial charge in [0.1, 0.15) is 0 Å². The molecule has 0 radical (unpaired) electrons.